The molecule has 1 atom stereocenters. The summed E-state index contributed by atoms with van der Waals surface area (Å²) in [4.78, 5) is 3.63. The Labute approximate surface area is 85.5 Å². The predicted molar refractivity (Wildman–Crippen MR) is 49.4 cm³/mol. The molecule has 2 N–H and O–H groups in total. The molecule has 0 spiro atoms. The van der Waals surface area contributed by atoms with Gasteiger partial charge >= 0.3 is 0 Å². The third-order valence-corrected chi connectivity index (χ3v) is 1.63. The first-order chi connectivity index (χ1) is 5.61. The zero-order chi connectivity index (χ0) is 9.14. The monoisotopic (exact) mass is 228 g/mol. The van der Waals surface area contributed by atoms with Crippen LogP contribution in [0.4, 0.5) is 8.78 Å². The van der Waals surface area contributed by atoms with Crippen LogP contribution in [0, 0.1) is 0 Å². The number of pyridine rings is 1. The lowest BCUT2D eigenvalue weighted by atomic mass is 10.1. The van der Waals surface area contributed by atoms with Crippen LogP contribution in [0.25, 0.3) is 0 Å². The molecule has 0 bridgehead atoms. The van der Waals surface area contributed by atoms with Gasteiger partial charge in [-0.3, -0.25) is 0 Å². The molecule has 0 fully saturated rings. The quantitative estimate of drug-likeness (QED) is 0.791. The summed E-state index contributed by atoms with van der Waals surface area (Å²) in [6.45, 7) is 0. The molecule has 13 heavy (non-hydrogen) atoms. The Bertz CT molecular complexity index is 253. The number of aromatic nitrogens is 1. The Balaban J connectivity index is 0.00000144. The van der Waals surface area contributed by atoms with Crippen LogP contribution in [-0.4, -0.2) is 11.4 Å². The van der Waals surface area contributed by atoms with E-state index >= 15 is 0 Å². The van der Waals surface area contributed by atoms with Crippen molar-refractivity contribution in [3.63, 3.8) is 0 Å². The molecule has 6 heteroatoms. The van der Waals surface area contributed by atoms with Gasteiger partial charge in [0.15, 0.2) is 0 Å². The molecule has 1 aromatic rings. The van der Waals surface area contributed by atoms with Gasteiger partial charge in [-0.15, -0.1) is 12.4 Å². The van der Waals surface area contributed by atoms with Crippen LogP contribution < -0.4 is 5.73 Å². The average molecular weight is 229 g/mol. The Morgan fingerprint density at radius 3 is 2.38 bits per heavy atom. The molecule has 0 aliphatic carbocycles. The highest BCUT2D eigenvalue weighted by atomic mass is 35.5. The Morgan fingerprint density at radius 2 is 2.00 bits per heavy atom. The van der Waals surface area contributed by atoms with Gasteiger partial charge in [-0.1, -0.05) is 17.7 Å². The van der Waals surface area contributed by atoms with Crippen LogP contribution in [0.5, 0.6) is 0 Å². The number of alkyl halides is 2. The largest absolute Gasteiger partial charge is 0.319 e. The minimum absolute atomic E-state index is 0. The smallest absolute Gasteiger partial charge is 0.257 e. The van der Waals surface area contributed by atoms with E-state index in [4.69, 9.17) is 17.3 Å². The van der Waals surface area contributed by atoms with Crippen molar-refractivity contribution in [2.45, 2.75) is 12.5 Å². The van der Waals surface area contributed by atoms with Crippen LogP contribution >= 0.6 is 24.0 Å². The van der Waals surface area contributed by atoms with Gasteiger partial charge in [0.25, 0.3) is 6.43 Å². The topological polar surface area (TPSA) is 38.9 Å². The van der Waals surface area contributed by atoms with Gasteiger partial charge in [0, 0.05) is 6.20 Å². The Morgan fingerprint density at radius 1 is 1.38 bits per heavy atom. The van der Waals surface area contributed by atoms with Crippen molar-refractivity contribution in [2.75, 3.05) is 0 Å². The van der Waals surface area contributed by atoms with Gasteiger partial charge < -0.3 is 5.73 Å². The molecule has 2 nitrogen and oxygen atoms in total. The van der Waals surface area contributed by atoms with Crippen molar-refractivity contribution in [3.05, 3.63) is 29.0 Å². The average Bonchev–Trinajstić information content (AvgIpc) is 2.04. The molecule has 0 unspecified atom stereocenters. The summed E-state index contributed by atoms with van der Waals surface area (Å²) in [5, 5.41) is 0.264. The molecule has 1 rings (SSSR count). The van der Waals surface area contributed by atoms with E-state index in [0.717, 1.165) is 0 Å². The van der Waals surface area contributed by atoms with Crippen molar-refractivity contribution < 1.29 is 8.78 Å². The molecule has 0 aliphatic heterocycles. The zero-order valence-corrected chi connectivity index (χ0v) is 8.03. The van der Waals surface area contributed by atoms with Crippen LogP contribution in [-0.2, 0) is 0 Å². The molecule has 0 amide bonds. The lowest BCUT2D eigenvalue weighted by Crippen LogP contribution is -2.18. The van der Waals surface area contributed by atoms with E-state index in [2.05, 4.69) is 4.98 Å². The molecule has 1 aromatic heterocycles. The third kappa shape index (κ3) is 3.42. The van der Waals surface area contributed by atoms with Crippen LogP contribution in [0.1, 0.15) is 11.6 Å². The van der Waals surface area contributed by atoms with Crippen LogP contribution in [0.2, 0.25) is 5.15 Å². The van der Waals surface area contributed by atoms with Crippen molar-refractivity contribution in [3.8, 4) is 0 Å². The summed E-state index contributed by atoms with van der Waals surface area (Å²) in [7, 11) is 0. The van der Waals surface area contributed by atoms with Crippen molar-refractivity contribution >= 4 is 24.0 Å². The number of hydrogen-bond donors (Lipinski definition) is 1. The highest BCUT2D eigenvalue weighted by Crippen LogP contribution is 2.17. The standard InChI is InChI=1S/C7H7ClF2N2.ClH/c8-5-2-1-4(3-12-5)6(11)7(9)10;/h1-3,6-7H,11H2;1H/t6-;/m0./s1. The Hall–Kier alpha value is -0.450. The lowest BCUT2D eigenvalue weighted by molar-refractivity contribution is 0.116. The van der Waals surface area contributed by atoms with E-state index in [0.29, 0.717) is 0 Å². The SMILES string of the molecule is Cl.N[C@@H](c1ccc(Cl)nc1)C(F)F. The second-order valence-electron chi connectivity index (χ2n) is 2.27. The highest BCUT2D eigenvalue weighted by molar-refractivity contribution is 6.29. The van der Waals surface area contributed by atoms with Gasteiger partial charge in [-0.2, -0.15) is 0 Å². The first-order valence-electron chi connectivity index (χ1n) is 3.26. The maximum atomic E-state index is 12.0. The van der Waals surface area contributed by atoms with E-state index in [-0.39, 0.29) is 23.1 Å². The fraction of sp³-hybridized carbons (Fsp3) is 0.286. The molecule has 0 saturated carbocycles. The number of hydrogen-bond acceptors (Lipinski definition) is 2. The molecule has 0 aliphatic rings. The van der Waals surface area contributed by atoms with E-state index in [1.807, 2.05) is 0 Å². The fourth-order valence-electron chi connectivity index (χ4n) is 0.730. The van der Waals surface area contributed by atoms with Gasteiger partial charge in [-0.25, -0.2) is 13.8 Å². The summed E-state index contributed by atoms with van der Waals surface area (Å²) in [6.07, 6.45) is -1.33. The highest BCUT2D eigenvalue weighted by Gasteiger charge is 2.17. The summed E-state index contributed by atoms with van der Waals surface area (Å²) in [5.41, 5.74) is 5.44. The molecule has 0 aromatic carbocycles. The normalized spacial score (nSPS) is 12.4. The summed E-state index contributed by atoms with van der Waals surface area (Å²) in [6, 6.07) is 1.58. The lowest BCUT2D eigenvalue weighted by Gasteiger charge is -2.09. The maximum absolute atomic E-state index is 12.0. The van der Waals surface area contributed by atoms with E-state index in [1.165, 1.54) is 18.3 Å². The molecular formula is C7H8Cl2F2N2. The maximum Gasteiger partial charge on any atom is 0.257 e. The molecular weight excluding hydrogens is 221 g/mol. The number of halogens is 4. The molecule has 74 valence electrons. The number of rotatable bonds is 2. The molecule has 1 heterocycles. The second kappa shape index (κ2) is 5.32. The van der Waals surface area contributed by atoms with Gasteiger partial charge in [0.05, 0.1) is 6.04 Å². The first kappa shape index (κ1) is 12.6. The number of nitrogens with zero attached hydrogens (tertiary/aromatic N) is 1. The van der Waals surface area contributed by atoms with Gasteiger partial charge in [0.2, 0.25) is 0 Å². The van der Waals surface area contributed by atoms with Crippen molar-refractivity contribution in [1.29, 1.82) is 0 Å². The predicted octanol–water partition coefficient (Wildman–Crippen LogP) is 2.42. The van der Waals surface area contributed by atoms with Gasteiger partial charge in [-0.05, 0) is 11.6 Å². The first-order valence-corrected chi connectivity index (χ1v) is 3.64. The van der Waals surface area contributed by atoms with Crippen molar-refractivity contribution in [1.82, 2.24) is 4.98 Å². The second-order valence-corrected chi connectivity index (χ2v) is 2.66. The summed E-state index contributed by atoms with van der Waals surface area (Å²) >= 11 is 5.46. The fourth-order valence-corrected chi connectivity index (χ4v) is 0.842. The van der Waals surface area contributed by atoms with Crippen molar-refractivity contribution in [2.24, 2.45) is 5.73 Å². The molecule has 0 radical (unpaired) electrons. The van der Waals surface area contributed by atoms with Gasteiger partial charge in [0.1, 0.15) is 5.15 Å². The Kier molecular flexibility index (Phi) is 5.13. The van der Waals surface area contributed by atoms with E-state index in [1.54, 1.807) is 0 Å². The number of nitrogens with two attached hydrogens (primary N) is 1. The minimum Gasteiger partial charge on any atom is -0.319 e. The zero-order valence-electron chi connectivity index (χ0n) is 6.45. The summed E-state index contributed by atoms with van der Waals surface area (Å²) < 4.78 is 24.1. The third-order valence-electron chi connectivity index (χ3n) is 1.41. The minimum atomic E-state index is -2.58. The summed E-state index contributed by atoms with van der Waals surface area (Å²) in [5.74, 6) is 0. The van der Waals surface area contributed by atoms with E-state index < -0.39 is 12.5 Å². The van der Waals surface area contributed by atoms with E-state index in [9.17, 15) is 8.78 Å². The van der Waals surface area contributed by atoms with Crippen LogP contribution in [0.3, 0.4) is 0 Å². The van der Waals surface area contributed by atoms with Crippen LogP contribution in [0.15, 0.2) is 18.3 Å². The molecule has 0 saturated heterocycles.